The summed E-state index contributed by atoms with van der Waals surface area (Å²) in [7, 11) is 0. The maximum Gasteiger partial charge on any atom is 0.306 e. The first-order chi connectivity index (χ1) is 10.1. The van der Waals surface area contributed by atoms with E-state index in [0.717, 1.165) is 32.3 Å². The zero-order chi connectivity index (χ0) is 14.8. The molecule has 2 heterocycles. The van der Waals surface area contributed by atoms with Gasteiger partial charge in [0.25, 0.3) is 0 Å². The molecule has 0 aromatic carbocycles. The summed E-state index contributed by atoms with van der Waals surface area (Å²) < 4.78 is 17.2. The normalized spacial score (nSPS) is 41.2. The van der Waals surface area contributed by atoms with Crippen LogP contribution in [0.3, 0.4) is 0 Å². The van der Waals surface area contributed by atoms with E-state index in [0.29, 0.717) is 6.42 Å². The first kappa shape index (κ1) is 15.0. The van der Waals surface area contributed by atoms with Crippen molar-refractivity contribution in [3.63, 3.8) is 0 Å². The molecular formula is C16H24O5. The highest BCUT2D eigenvalue weighted by Crippen LogP contribution is 2.44. The summed E-state index contributed by atoms with van der Waals surface area (Å²) in [6.07, 6.45) is 7.43. The molecule has 1 N–H and O–H groups in total. The maximum absolute atomic E-state index is 11.5. The Bertz CT molecular complexity index is 399. The van der Waals surface area contributed by atoms with Crippen molar-refractivity contribution in [3.05, 3.63) is 12.2 Å². The van der Waals surface area contributed by atoms with Crippen LogP contribution in [0.4, 0.5) is 0 Å². The number of hydrogen-bond acceptors (Lipinski definition) is 5. The van der Waals surface area contributed by atoms with Crippen LogP contribution in [-0.2, 0) is 19.0 Å². The van der Waals surface area contributed by atoms with Gasteiger partial charge in [0.2, 0.25) is 0 Å². The molecule has 0 bridgehead atoms. The van der Waals surface area contributed by atoms with Gasteiger partial charge in [-0.1, -0.05) is 12.2 Å². The fourth-order valence-corrected chi connectivity index (χ4v) is 3.61. The van der Waals surface area contributed by atoms with Gasteiger partial charge in [0.15, 0.2) is 6.29 Å². The van der Waals surface area contributed by atoms with Gasteiger partial charge in [-0.15, -0.1) is 0 Å². The third-order valence-corrected chi connectivity index (χ3v) is 4.63. The minimum atomic E-state index is -0.492. The fourth-order valence-electron chi connectivity index (χ4n) is 3.61. The third kappa shape index (κ3) is 3.47. The molecule has 5 heteroatoms. The Hall–Kier alpha value is -0.910. The molecule has 0 radical (unpaired) electrons. The van der Waals surface area contributed by atoms with Gasteiger partial charge in [-0.2, -0.15) is 0 Å². The third-order valence-electron chi connectivity index (χ3n) is 4.63. The van der Waals surface area contributed by atoms with Gasteiger partial charge >= 0.3 is 5.97 Å². The number of carbonyl (C=O) groups excluding carboxylic acids is 1. The van der Waals surface area contributed by atoms with E-state index in [1.807, 2.05) is 6.08 Å². The number of aliphatic hydroxyl groups excluding tert-OH is 1. The highest BCUT2D eigenvalue weighted by Gasteiger charge is 2.50. The Morgan fingerprint density at radius 1 is 1.43 bits per heavy atom. The van der Waals surface area contributed by atoms with Crippen LogP contribution < -0.4 is 0 Å². The predicted molar refractivity (Wildman–Crippen MR) is 75.4 cm³/mol. The second-order valence-electron chi connectivity index (χ2n) is 6.31. The molecule has 3 aliphatic rings. The number of aliphatic hydroxyl groups is 1. The second kappa shape index (κ2) is 6.46. The van der Waals surface area contributed by atoms with Crippen LogP contribution in [0.5, 0.6) is 0 Å². The maximum atomic E-state index is 11.5. The molecule has 3 fully saturated rings. The molecule has 5 nitrogen and oxygen atoms in total. The monoisotopic (exact) mass is 296 g/mol. The van der Waals surface area contributed by atoms with Crippen LogP contribution >= 0.6 is 0 Å². The summed E-state index contributed by atoms with van der Waals surface area (Å²) in [4.78, 5) is 11.5. The lowest BCUT2D eigenvalue weighted by molar-refractivity contribution is -0.194. The van der Waals surface area contributed by atoms with Crippen LogP contribution in [0, 0.1) is 11.8 Å². The average molecular weight is 296 g/mol. The molecule has 6 atom stereocenters. The molecule has 3 rings (SSSR count). The molecule has 118 valence electrons. The summed E-state index contributed by atoms with van der Waals surface area (Å²) in [5.74, 6) is 0.162. The van der Waals surface area contributed by atoms with Crippen LogP contribution in [0.25, 0.3) is 0 Å². The van der Waals surface area contributed by atoms with Gasteiger partial charge in [0, 0.05) is 24.9 Å². The topological polar surface area (TPSA) is 65.0 Å². The molecule has 0 spiro atoms. The molecule has 2 aliphatic heterocycles. The fraction of sp³-hybridized carbons (Fsp3) is 0.812. The smallest absolute Gasteiger partial charge is 0.306 e. The van der Waals surface area contributed by atoms with E-state index in [2.05, 4.69) is 0 Å². The van der Waals surface area contributed by atoms with Crippen LogP contribution in [0.2, 0.25) is 0 Å². The van der Waals surface area contributed by atoms with Gasteiger partial charge < -0.3 is 19.3 Å². The van der Waals surface area contributed by atoms with Crippen LogP contribution in [0.1, 0.15) is 39.0 Å². The quantitative estimate of drug-likeness (QED) is 0.633. The standard InChI is InChI=1S/C16H24O5/c1-10(17)5-6-11-12-8-15(18)20-14(12)9-13(11)21-16-4-2-3-7-19-16/h5-6,10-14,16-17H,2-4,7-9H2,1H3/b6-5+/t10?,11-,12-,13?,14?,16?/m1/s1. The van der Waals surface area contributed by atoms with Gasteiger partial charge in [-0.05, 0) is 26.2 Å². The van der Waals surface area contributed by atoms with Gasteiger partial charge in [0.1, 0.15) is 6.10 Å². The van der Waals surface area contributed by atoms with E-state index >= 15 is 0 Å². The largest absolute Gasteiger partial charge is 0.462 e. The van der Waals surface area contributed by atoms with E-state index in [-0.39, 0.29) is 36.3 Å². The Morgan fingerprint density at radius 2 is 2.29 bits per heavy atom. The first-order valence-electron chi connectivity index (χ1n) is 7.96. The number of fused-ring (bicyclic) bond motifs is 1. The zero-order valence-corrected chi connectivity index (χ0v) is 12.4. The van der Waals surface area contributed by atoms with Crippen LogP contribution in [0.15, 0.2) is 12.2 Å². The first-order valence-corrected chi connectivity index (χ1v) is 7.96. The molecule has 0 aromatic rings. The Kier molecular flexibility index (Phi) is 4.62. The number of hydrogen-bond donors (Lipinski definition) is 1. The zero-order valence-electron chi connectivity index (χ0n) is 12.4. The Morgan fingerprint density at radius 3 is 3.00 bits per heavy atom. The van der Waals surface area contributed by atoms with Gasteiger partial charge in [0.05, 0.1) is 18.6 Å². The van der Waals surface area contributed by atoms with Crippen molar-refractivity contribution in [2.24, 2.45) is 11.8 Å². The van der Waals surface area contributed by atoms with Crippen molar-refractivity contribution in [2.75, 3.05) is 6.61 Å². The number of esters is 1. The van der Waals surface area contributed by atoms with E-state index in [4.69, 9.17) is 14.2 Å². The van der Waals surface area contributed by atoms with Gasteiger partial charge in [-0.3, -0.25) is 4.79 Å². The van der Waals surface area contributed by atoms with E-state index < -0.39 is 6.10 Å². The summed E-state index contributed by atoms with van der Waals surface area (Å²) >= 11 is 0. The minimum Gasteiger partial charge on any atom is -0.462 e. The molecule has 2 saturated heterocycles. The number of ether oxygens (including phenoxy) is 3. The molecular weight excluding hydrogens is 272 g/mol. The highest BCUT2D eigenvalue weighted by molar-refractivity contribution is 5.72. The van der Waals surface area contributed by atoms with Crippen molar-refractivity contribution >= 4 is 5.97 Å². The molecule has 4 unspecified atom stereocenters. The summed E-state index contributed by atoms with van der Waals surface area (Å²) in [5, 5.41) is 9.46. The SMILES string of the molecule is CC(O)/C=C/[C@H]1C(OC2CCCCO2)CC2OC(=O)C[C@@H]21. The van der Waals surface area contributed by atoms with E-state index in [1.165, 1.54) is 0 Å². The van der Waals surface area contributed by atoms with Gasteiger partial charge in [-0.25, -0.2) is 0 Å². The molecule has 0 amide bonds. The minimum absolute atomic E-state index is 0.00574. The predicted octanol–water partition coefficient (Wildman–Crippen LogP) is 1.79. The Labute approximate surface area is 125 Å². The molecule has 1 saturated carbocycles. The van der Waals surface area contributed by atoms with Crippen molar-refractivity contribution < 1.29 is 24.1 Å². The van der Waals surface area contributed by atoms with E-state index in [1.54, 1.807) is 13.0 Å². The highest BCUT2D eigenvalue weighted by atomic mass is 16.7. The van der Waals surface area contributed by atoms with Crippen molar-refractivity contribution in [2.45, 2.75) is 63.6 Å². The lowest BCUT2D eigenvalue weighted by atomic mass is 9.91. The lowest BCUT2D eigenvalue weighted by Gasteiger charge is -2.28. The second-order valence-corrected chi connectivity index (χ2v) is 6.31. The van der Waals surface area contributed by atoms with Crippen molar-refractivity contribution in [1.82, 2.24) is 0 Å². The average Bonchev–Trinajstić information content (AvgIpc) is 2.93. The number of rotatable bonds is 4. The van der Waals surface area contributed by atoms with Crippen LogP contribution in [-0.4, -0.2) is 42.3 Å². The van der Waals surface area contributed by atoms with Crippen molar-refractivity contribution in [1.29, 1.82) is 0 Å². The van der Waals surface area contributed by atoms with Crippen molar-refractivity contribution in [3.8, 4) is 0 Å². The summed E-state index contributed by atoms with van der Waals surface area (Å²) in [6.45, 7) is 2.48. The van der Waals surface area contributed by atoms with E-state index in [9.17, 15) is 9.90 Å². The number of carbonyl (C=O) groups is 1. The summed E-state index contributed by atoms with van der Waals surface area (Å²) in [5.41, 5.74) is 0. The summed E-state index contributed by atoms with van der Waals surface area (Å²) in [6, 6.07) is 0. The lowest BCUT2D eigenvalue weighted by Crippen LogP contribution is -2.31. The molecule has 1 aliphatic carbocycles. The molecule has 0 aromatic heterocycles. The Balaban J connectivity index is 1.67. The molecule has 21 heavy (non-hydrogen) atoms.